The first-order valence-corrected chi connectivity index (χ1v) is 7.91. The molecule has 0 aliphatic carbocycles. The van der Waals surface area contributed by atoms with Crippen molar-refractivity contribution in [1.82, 2.24) is 4.98 Å². The third-order valence-electron chi connectivity index (χ3n) is 3.26. The second kappa shape index (κ2) is 6.19. The molecule has 6 heteroatoms. The highest BCUT2D eigenvalue weighted by Gasteiger charge is 2.22. The first-order chi connectivity index (χ1) is 10.7. The average Bonchev–Trinajstić information content (AvgIpc) is 3.19. The highest BCUT2D eigenvalue weighted by Crippen LogP contribution is 2.38. The van der Waals surface area contributed by atoms with Crippen molar-refractivity contribution in [3.63, 3.8) is 0 Å². The van der Waals surface area contributed by atoms with Gasteiger partial charge in [-0.05, 0) is 30.0 Å². The van der Waals surface area contributed by atoms with Crippen LogP contribution in [0.3, 0.4) is 0 Å². The van der Waals surface area contributed by atoms with Crippen molar-refractivity contribution >= 4 is 27.4 Å². The van der Waals surface area contributed by atoms with Crippen LogP contribution in [0.5, 0.6) is 5.75 Å². The Bertz CT molecular complexity index is 792. The van der Waals surface area contributed by atoms with Crippen LogP contribution in [0, 0.1) is 0 Å². The van der Waals surface area contributed by atoms with Gasteiger partial charge in [-0.1, -0.05) is 13.3 Å². The lowest BCUT2D eigenvalue weighted by Gasteiger charge is -2.08. The van der Waals surface area contributed by atoms with Gasteiger partial charge in [0, 0.05) is 5.39 Å². The quantitative estimate of drug-likeness (QED) is 0.563. The van der Waals surface area contributed by atoms with E-state index in [0.717, 1.165) is 17.5 Å². The van der Waals surface area contributed by atoms with Gasteiger partial charge in [0.15, 0.2) is 17.2 Å². The summed E-state index contributed by atoms with van der Waals surface area (Å²) in [5, 5.41) is 12.7. The highest BCUT2D eigenvalue weighted by molar-refractivity contribution is 7.17. The fraction of sp³-hybridized carbons (Fsp3) is 0.250. The molecule has 0 aliphatic heterocycles. The van der Waals surface area contributed by atoms with Gasteiger partial charge in [0.25, 0.3) is 0 Å². The topological polar surface area (TPSA) is 72.6 Å². The molecule has 0 amide bonds. The number of unbranched alkanes of at least 4 members (excludes halogenated alkanes) is 1. The van der Waals surface area contributed by atoms with Crippen LogP contribution in [0.25, 0.3) is 21.5 Å². The third-order valence-corrected chi connectivity index (χ3v) is 4.18. The molecule has 3 aromatic rings. The molecule has 114 valence electrons. The zero-order chi connectivity index (χ0) is 15.5. The molecule has 22 heavy (non-hydrogen) atoms. The number of nitrogens with zero attached hydrogens (tertiary/aromatic N) is 1. The molecule has 0 fully saturated rings. The van der Waals surface area contributed by atoms with Gasteiger partial charge >= 0.3 is 5.97 Å². The summed E-state index contributed by atoms with van der Waals surface area (Å²) in [5.41, 5.74) is 0.462. The van der Waals surface area contributed by atoms with Crippen molar-refractivity contribution in [2.45, 2.75) is 19.8 Å². The van der Waals surface area contributed by atoms with Crippen molar-refractivity contribution in [3.05, 3.63) is 35.5 Å². The Morgan fingerprint density at radius 1 is 1.45 bits per heavy atom. The second-order valence-electron chi connectivity index (χ2n) is 4.79. The van der Waals surface area contributed by atoms with Crippen molar-refractivity contribution in [2.75, 3.05) is 6.61 Å². The number of furan rings is 1. The molecular weight excluding hydrogens is 302 g/mol. The van der Waals surface area contributed by atoms with E-state index in [4.69, 9.17) is 9.15 Å². The number of carbonyl (C=O) groups is 1. The summed E-state index contributed by atoms with van der Waals surface area (Å²) < 4.78 is 11.3. The van der Waals surface area contributed by atoms with E-state index >= 15 is 0 Å². The summed E-state index contributed by atoms with van der Waals surface area (Å²) in [6.07, 6.45) is 3.24. The standard InChI is InChI=1S/C16H15NO4S/c1-2-3-7-21-16(19)13-14(18)10-6-9-22-15(10)12(17-13)11-5-4-8-20-11/h4-6,8-9,18H,2-3,7H2,1H3. The predicted octanol–water partition coefficient (Wildman–Crippen LogP) is 4.22. The van der Waals surface area contributed by atoms with Crippen LogP contribution in [0.4, 0.5) is 0 Å². The summed E-state index contributed by atoms with van der Waals surface area (Å²) in [7, 11) is 0. The minimum Gasteiger partial charge on any atom is -0.505 e. The van der Waals surface area contributed by atoms with Crippen molar-refractivity contribution in [1.29, 1.82) is 0 Å². The fourth-order valence-electron chi connectivity index (χ4n) is 2.12. The molecule has 1 N–H and O–H groups in total. The Labute approximate surface area is 131 Å². The van der Waals surface area contributed by atoms with E-state index in [1.54, 1.807) is 24.5 Å². The zero-order valence-electron chi connectivity index (χ0n) is 12.0. The van der Waals surface area contributed by atoms with E-state index in [0.29, 0.717) is 23.4 Å². The molecule has 0 aromatic carbocycles. The molecule has 0 aliphatic rings. The SMILES string of the molecule is CCCCOC(=O)c1nc(-c2ccco2)c2sccc2c1O. The number of hydrogen-bond donors (Lipinski definition) is 1. The lowest BCUT2D eigenvalue weighted by molar-refractivity contribution is 0.0490. The second-order valence-corrected chi connectivity index (χ2v) is 5.70. The van der Waals surface area contributed by atoms with Gasteiger partial charge in [-0.25, -0.2) is 9.78 Å². The normalized spacial score (nSPS) is 11.0. The van der Waals surface area contributed by atoms with Crippen LogP contribution in [0.15, 0.2) is 34.3 Å². The van der Waals surface area contributed by atoms with Crippen molar-refractivity contribution in [2.24, 2.45) is 0 Å². The van der Waals surface area contributed by atoms with Gasteiger partial charge in [-0.15, -0.1) is 11.3 Å². The summed E-state index contributed by atoms with van der Waals surface area (Å²) >= 11 is 1.43. The van der Waals surface area contributed by atoms with Gasteiger partial charge in [0.1, 0.15) is 5.69 Å². The average molecular weight is 317 g/mol. The largest absolute Gasteiger partial charge is 0.505 e. The van der Waals surface area contributed by atoms with Crippen LogP contribution < -0.4 is 0 Å². The summed E-state index contributed by atoms with van der Waals surface area (Å²) in [5.74, 6) is -0.213. The molecule has 0 radical (unpaired) electrons. The minimum atomic E-state index is -0.619. The maximum Gasteiger partial charge on any atom is 0.360 e. The number of aromatic nitrogens is 1. The Balaban J connectivity index is 2.07. The van der Waals surface area contributed by atoms with E-state index in [9.17, 15) is 9.90 Å². The molecule has 0 saturated carbocycles. The highest BCUT2D eigenvalue weighted by atomic mass is 32.1. The van der Waals surface area contributed by atoms with Crippen molar-refractivity contribution in [3.8, 4) is 17.2 Å². The van der Waals surface area contributed by atoms with Gasteiger partial charge < -0.3 is 14.3 Å². The fourth-order valence-corrected chi connectivity index (χ4v) is 3.01. The van der Waals surface area contributed by atoms with Gasteiger partial charge in [0.05, 0.1) is 17.6 Å². The Morgan fingerprint density at radius 3 is 3.05 bits per heavy atom. The number of esters is 1. The third kappa shape index (κ3) is 2.57. The monoisotopic (exact) mass is 317 g/mol. The maximum absolute atomic E-state index is 12.2. The number of fused-ring (bicyclic) bond motifs is 1. The number of thiophene rings is 1. The molecule has 3 rings (SSSR count). The van der Waals surface area contributed by atoms with Gasteiger partial charge in [0.2, 0.25) is 0 Å². The lowest BCUT2D eigenvalue weighted by atomic mass is 10.2. The summed E-state index contributed by atoms with van der Waals surface area (Å²) in [4.78, 5) is 16.4. The first-order valence-electron chi connectivity index (χ1n) is 7.03. The zero-order valence-corrected chi connectivity index (χ0v) is 12.9. The molecule has 5 nitrogen and oxygen atoms in total. The lowest BCUT2D eigenvalue weighted by Crippen LogP contribution is -2.09. The maximum atomic E-state index is 12.2. The number of hydrogen-bond acceptors (Lipinski definition) is 6. The Kier molecular flexibility index (Phi) is 4.11. The number of aromatic hydroxyl groups is 1. The van der Waals surface area contributed by atoms with Gasteiger partial charge in [-0.2, -0.15) is 0 Å². The van der Waals surface area contributed by atoms with Gasteiger partial charge in [-0.3, -0.25) is 0 Å². The van der Waals surface area contributed by atoms with E-state index in [1.165, 1.54) is 11.3 Å². The number of rotatable bonds is 5. The Hall–Kier alpha value is -2.34. The van der Waals surface area contributed by atoms with Crippen molar-refractivity contribution < 1.29 is 19.1 Å². The number of carbonyl (C=O) groups excluding carboxylic acids is 1. The predicted molar refractivity (Wildman–Crippen MR) is 84.2 cm³/mol. The minimum absolute atomic E-state index is 0.0756. The van der Waals surface area contributed by atoms with Crippen LogP contribution >= 0.6 is 11.3 Å². The summed E-state index contributed by atoms with van der Waals surface area (Å²) in [6, 6.07) is 5.28. The molecule has 0 saturated heterocycles. The Morgan fingerprint density at radius 2 is 2.32 bits per heavy atom. The molecule has 0 unspecified atom stereocenters. The van der Waals surface area contributed by atoms with Crippen LogP contribution in [0.2, 0.25) is 0 Å². The molecule has 0 spiro atoms. The first kappa shape index (κ1) is 14.6. The molecule has 0 bridgehead atoms. The van der Waals surface area contributed by atoms with E-state index in [2.05, 4.69) is 4.98 Å². The smallest absolute Gasteiger partial charge is 0.360 e. The van der Waals surface area contributed by atoms with Crippen LogP contribution in [-0.2, 0) is 4.74 Å². The summed E-state index contributed by atoms with van der Waals surface area (Å²) in [6.45, 7) is 2.32. The molecular formula is C16H15NO4S. The van der Waals surface area contributed by atoms with E-state index in [-0.39, 0.29) is 11.4 Å². The van der Waals surface area contributed by atoms with Crippen LogP contribution in [-0.4, -0.2) is 22.7 Å². The molecule has 3 aromatic heterocycles. The van der Waals surface area contributed by atoms with Crippen LogP contribution in [0.1, 0.15) is 30.3 Å². The number of pyridine rings is 1. The van der Waals surface area contributed by atoms with E-state index < -0.39 is 5.97 Å². The van der Waals surface area contributed by atoms with E-state index in [1.807, 2.05) is 12.3 Å². The molecule has 0 atom stereocenters. The molecule has 3 heterocycles. The number of ether oxygens (including phenoxy) is 1.